The van der Waals surface area contributed by atoms with E-state index in [1.165, 1.54) is 25.3 Å². The third-order valence-electron chi connectivity index (χ3n) is 4.25. The van der Waals surface area contributed by atoms with Crippen LogP contribution < -0.4 is 15.1 Å². The molecule has 1 atom stereocenters. The first-order chi connectivity index (χ1) is 11.7. The van der Waals surface area contributed by atoms with Crippen molar-refractivity contribution in [1.82, 2.24) is 4.90 Å². The van der Waals surface area contributed by atoms with E-state index in [0.717, 1.165) is 18.5 Å². The summed E-state index contributed by atoms with van der Waals surface area (Å²) in [6, 6.07) is 6.43. The summed E-state index contributed by atoms with van der Waals surface area (Å²) in [5.74, 6) is 0.999. The van der Waals surface area contributed by atoms with E-state index in [1.54, 1.807) is 25.3 Å². The third kappa shape index (κ3) is 4.07. The third-order valence-corrected chi connectivity index (χ3v) is 4.25. The minimum atomic E-state index is -0.578. The second-order valence-corrected chi connectivity index (χ2v) is 6.12. The average Bonchev–Trinajstić information content (AvgIpc) is 2.60. The number of likely N-dealkylation sites (tertiary alicyclic amines) is 1. The first kappa shape index (κ1) is 16.8. The minimum absolute atomic E-state index is 0.162. The number of ether oxygens (including phenoxy) is 2. The normalized spacial score (nSPS) is 16.9. The first-order valence-electron chi connectivity index (χ1n) is 8.31. The summed E-state index contributed by atoms with van der Waals surface area (Å²) >= 11 is 0. The van der Waals surface area contributed by atoms with Crippen LogP contribution in [0.25, 0.3) is 11.0 Å². The van der Waals surface area contributed by atoms with Crippen molar-refractivity contribution in [3.63, 3.8) is 0 Å². The van der Waals surface area contributed by atoms with Crippen LogP contribution in [0.3, 0.4) is 0 Å². The van der Waals surface area contributed by atoms with Crippen LogP contribution in [0.2, 0.25) is 0 Å². The topological polar surface area (TPSA) is 72.1 Å². The number of aliphatic hydroxyl groups excluding tert-OH is 1. The Hall–Kier alpha value is -2.05. The highest BCUT2D eigenvalue weighted by Crippen LogP contribution is 2.31. The van der Waals surface area contributed by atoms with Crippen LogP contribution in [0.1, 0.15) is 19.3 Å². The highest BCUT2D eigenvalue weighted by Gasteiger charge is 2.16. The molecule has 130 valence electrons. The second kappa shape index (κ2) is 7.68. The van der Waals surface area contributed by atoms with E-state index in [0.29, 0.717) is 23.6 Å². The van der Waals surface area contributed by atoms with Gasteiger partial charge in [-0.3, -0.25) is 0 Å². The van der Waals surface area contributed by atoms with Crippen LogP contribution in [-0.2, 0) is 0 Å². The van der Waals surface area contributed by atoms with Gasteiger partial charge < -0.3 is 23.9 Å². The van der Waals surface area contributed by atoms with E-state index in [9.17, 15) is 9.90 Å². The molecule has 3 rings (SSSR count). The average molecular weight is 333 g/mol. The largest absolute Gasteiger partial charge is 0.493 e. The molecule has 1 aromatic carbocycles. The number of β-amino-alcohol motifs (C(OH)–C–C–N with tert-alkyl or cyclic N) is 1. The molecule has 2 heterocycles. The van der Waals surface area contributed by atoms with Crippen LogP contribution in [0.5, 0.6) is 11.5 Å². The van der Waals surface area contributed by atoms with Gasteiger partial charge in [-0.05, 0) is 38.1 Å². The second-order valence-electron chi connectivity index (χ2n) is 6.12. The van der Waals surface area contributed by atoms with E-state index in [2.05, 4.69) is 4.90 Å². The van der Waals surface area contributed by atoms with Crippen LogP contribution in [0.15, 0.2) is 33.5 Å². The van der Waals surface area contributed by atoms with Crippen molar-refractivity contribution >= 4 is 11.0 Å². The van der Waals surface area contributed by atoms with Gasteiger partial charge in [0, 0.05) is 24.1 Å². The van der Waals surface area contributed by atoms with E-state index < -0.39 is 11.7 Å². The number of rotatable bonds is 6. The summed E-state index contributed by atoms with van der Waals surface area (Å²) in [5, 5.41) is 11.0. The van der Waals surface area contributed by atoms with Crippen molar-refractivity contribution in [2.75, 3.05) is 33.4 Å². The Labute approximate surface area is 140 Å². The molecule has 1 aliphatic rings. The maximum atomic E-state index is 11.4. The molecule has 0 spiro atoms. The zero-order valence-electron chi connectivity index (χ0n) is 13.9. The van der Waals surface area contributed by atoms with Crippen molar-refractivity contribution in [3.8, 4) is 11.5 Å². The smallest absolute Gasteiger partial charge is 0.336 e. The molecule has 1 aromatic heterocycles. The van der Waals surface area contributed by atoms with Gasteiger partial charge in [-0.1, -0.05) is 6.42 Å². The fraction of sp³-hybridized carbons (Fsp3) is 0.500. The lowest BCUT2D eigenvalue weighted by Crippen LogP contribution is -2.38. The number of nitrogens with zero attached hydrogens (tertiary/aromatic N) is 1. The van der Waals surface area contributed by atoms with Gasteiger partial charge in [0.05, 0.1) is 7.11 Å². The molecule has 1 saturated heterocycles. The molecule has 0 saturated carbocycles. The molecule has 6 heteroatoms. The molecular formula is C18H23NO5. The fourth-order valence-corrected chi connectivity index (χ4v) is 3.03. The molecule has 0 radical (unpaired) electrons. The van der Waals surface area contributed by atoms with Gasteiger partial charge in [-0.2, -0.15) is 0 Å². The summed E-state index contributed by atoms with van der Waals surface area (Å²) in [6.45, 7) is 2.82. The number of hydrogen-bond donors (Lipinski definition) is 1. The predicted molar refractivity (Wildman–Crippen MR) is 90.8 cm³/mol. The van der Waals surface area contributed by atoms with Crippen LogP contribution in [0, 0.1) is 0 Å². The lowest BCUT2D eigenvalue weighted by atomic mass is 10.1. The Balaban J connectivity index is 1.67. The van der Waals surface area contributed by atoms with Crippen molar-refractivity contribution in [1.29, 1.82) is 0 Å². The molecule has 2 aromatic rings. The van der Waals surface area contributed by atoms with E-state index in [-0.39, 0.29) is 6.61 Å². The zero-order valence-corrected chi connectivity index (χ0v) is 13.9. The molecular weight excluding hydrogens is 310 g/mol. The highest BCUT2D eigenvalue weighted by molar-refractivity contribution is 5.80. The Morgan fingerprint density at radius 3 is 2.75 bits per heavy atom. The SMILES string of the molecule is COc1cc2ccc(=O)oc2cc1OCC(O)CN1CCCCC1. The molecule has 0 aliphatic carbocycles. The number of fused-ring (bicyclic) bond motifs is 1. The molecule has 24 heavy (non-hydrogen) atoms. The summed E-state index contributed by atoms with van der Waals surface area (Å²) in [7, 11) is 1.55. The van der Waals surface area contributed by atoms with E-state index >= 15 is 0 Å². The van der Waals surface area contributed by atoms with Crippen LogP contribution in [0.4, 0.5) is 0 Å². The molecule has 0 bridgehead atoms. The zero-order chi connectivity index (χ0) is 16.9. The summed E-state index contributed by atoms with van der Waals surface area (Å²) < 4.78 is 16.2. The number of hydrogen-bond acceptors (Lipinski definition) is 6. The summed E-state index contributed by atoms with van der Waals surface area (Å²) in [5.41, 5.74) is 0.0209. The maximum absolute atomic E-state index is 11.4. The van der Waals surface area contributed by atoms with E-state index in [4.69, 9.17) is 13.9 Å². The van der Waals surface area contributed by atoms with Gasteiger partial charge >= 0.3 is 5.63 Å². The summed E-state index contributed by atoms with van der Waals surface area (Å²) in [6.07, 6.45) is 3.06. The van der Waals surface area contributed by atoms with Gasteiger partial charge in [-0.25, -0.2) is 4.79 Å². The van der Waals surface area contributed by atoms with Crippen molar-refractivity contribution < 1.29 is 19.0 Å². The monoisotopic (exact) mass is 333 g/mol. The Morgan fingerprint density at radius 1 is 1.21 bits per heavy atom. The van der Waals surface area contributed by atoms with Crippen LogP contribution in [-0.4, -0.2) is 49.5 Å². The van der Waals surface area contributed by atoms with Gasteiger partial charge in [0.15, 0.2) is 11.5 Å². The molecule has 1 unspecified atom stereocenters. The van der Waals surface area contributed by atoms with Crippen molar-refractivity contribution in [2.45, 2.75) is 25.4 Å². The number of methoxy groups -OCH3 is 1. The number of aliphatic hydroxyl groups is 1. The highest BCUT2D eigenvalue weighted by atomic mass is 16.5. The predicted octanol–water partition coefficient (Wildman–Crippen LogP) is 2.03. The molecule has 1 N–H and O–H groups in total. The Bertz CT molecular complexity index is 736. The van der Waals surface area contributed by atoms with E-state index in [1.807, 2.05) is 0 Å². The Morgan fingerprint density at radius 2 is 2.00 bits per heavy atom. The molecule has 1 fully saturated rings. The fourth-order valence-electron chi connectivity index (χ4n) is 3.03. The number of benzene rings is 1. The lowest BCUT2D eigenvalue weighted by Gasteiger charge is -2.28. The minimum Gasteiger partial charge on any atom is -0.493 e. The van der Waals surface area contributed by atoms with Gasteiger partial charge in [0.1, 0.15) is 18.3 Å². The number of piperidine rings is 1. The molecule has 0 amide bonds. The molecule has 1 aliphatic heterocycles. The molecule has 6 nitrogen and oxygen atoms in total. The van der Waals surface area contributed by atoms with Crippen molar-refractivity contribution in [3.05, 3.63) is 34.7 Å². The van der Waals surface area contributed by atoms with Crippen LogP contribution >= 0.6 is 0 Å². The van der Waals surface area contributed by atoms with Crippen molar-refractivity contribution in [2.24, 2.45) is 0 Å². The van der Waals surface area contributed by atoms with Gasteiger partial charge in [0.2, 0.25) is 0 Å². The first-order valence-corrected chi connectivity index (χ1v) is 8.31. The van der Waals surface area contributed by atoms with Gasteiger partial charge in [-0.15, -0.1) is 0 Å². The quantitative estimate of drug-likeness (QED) is 0.816. The lowest BCUT2D eigenvalue weighted by molar-refractivity contribution is 0.0608. The van der Waals surface area contributed by atoms with Gasteiger partial charge in [0.25, 0.3) is 0 Å². The standard InChI is InChI=1S/C18H23NO5/c1-22-16-9-13-5-6-18(21)24-15(13)10-17(16)23-12-14(20)11-19-7-3-2-4-8-19/h5-6,9-10,14,20H,2-4,7-8,11-12H2,1H3. The summed E-state index contributed by atoms with van der Waals surface area (Å²) in [4.78, 5) is 13.6. The maximum Gasteiger partial charge on any atom is 0.336 e. The Kier molecular flexibility index (Phi) is 5.37.